The summed E-state index contributed by atoms with van der Waals surface area (Å²) in [5, 5.41) is 20.7. The van der Waals surface area contributed by atoms with E-state index in [-0.39, 0.29) is 17.1 Å². The van der Waals surface area contributed by atoms with E-state index in [1.807, 2.05) is 18.2 Å². The van der Waals surface area contributed by atoms with Gasteiger partial charge in [0.2, 0.25) is 0 Å². The molecule has 0 heterocycles. The Kier molecular flexibility index (Phi) is 3.85. The molecular formula is C19H24O3. The third-order valence-electron chi connectivity index (χ3n) is 6.13. The number of phenols is 1. The topological polar surface area (TPSA) is 57.5 Å². The average molecular weight is 300 g/mol. The Labute approximate surface area is 131 Å². The highest BCUT2D eigenvalue weighted by atomic mass is 16.3. The maximum absolute atomic E-state index is 11.3. The number of phenolic OH excluding ortho intramolecular Hbond substituents is 1. The first-order valence-electron chi connectivity index (χ1n) is 8.12. The Morgan fingerprint density at radius 3 is 2.59 bits per heavy atom. The summed E-state index contributed by atoms with van der Waals surface area (Å²) in [6.07, 6.45) is 8.88. The first-order chi connectivity index (χ1) is 10.5. The molecule has 0 saturated heterocycles. The van der Waals surface area contributed by atoms with Crippen molar-refractivity contribution in [1.82, 2.24) is 0 Å². The van der Waals surface area contributed by atoms with Gasteiger partial charge in [0.15, 0.2) is 0 Å². The molecule has 2 saturated carbocycles. The number of rotatable bonds is 3. The van der Waals surface area contributed by atoms with Crippen molar-refractivity contribution in [2.75, 3.05) is 0 Å². The maximum atomic E-state index is 11.3. The van der Waals surface area contributed by atoms with Crippen LogP contribution in [-0.4, -0.2) is 22.1 Å². The van der Waals surface area contributed by atoms with Crippen molar-refractivity contribution in [3.8, 4) is 5.75 Å². The van der Waals surface area contributed by atoms with E-state index < -0.39 is 5.60 Å². The van der Waals surface area contributed by atoms with E-state index in [0.29, 0.717) is 5.92 Å². The third-order valence-corrected chi connectivity index (χ3v) is 6.13. The minimum absolute atomic E-state index is 0.139. The molecule has 3 heteroatoms. The van der Waals surface area contributed by atoms with Crippen molar-refractivity contribution < 1.29 is 15.0 Å². The van der Waals surface area contributed by atoms with Crippen molar-refractivity contribution in [3.05, 3.63) is 42.0 Å². The predicted molar refractivity (Wildman–Crippen MR) is 85.7 cm³/mol. The number of hydrogen-bond acceptors (Lipinski definition) is 3. The smallest absolute Gasteiger partial charge is 0.142 e. The van der Waals surface area contributed by atoms with Crippen LogP contribution in [0.3, 0.4) is 0 Å². The molecule has 0 bridgehead atoms. The lowest BCUT2D eigenvalue weighted by molar-refractivity contribution is -0.104. The summed E-state index contributed by atoms with van der Waals surface area (Å²) in [6, 6.07) is 7.37. The summed E-state index contributed by atoms with van der Waals surface area (Å²) in [4.78, 5) is 10.6. The van der Waals surface area contributed by atoms with Gasteiger partial charge in [0.25, 0.3) is 0 Å². The van der Waals surface area contributed by atoms with Crippen LogP contribution in [0.25, 0.3) is 0 Å². The number of fused-ring (bicyclic) bond motifs is 1. The average Bonchev–Trinajstić information content (AvgIpc) is 2.77. The Hall–Kier alpha value is -1.61. The molecule has 0 aromatic heterocycles. The van der Waals surface area contributed by atoms with Gasteiger partial charge in [0.05, 0.1) is 5.60 Å². The Morgan fingerprint density at radius 2 is 1.91 bits per heavy atom. The van der Waals surface area contributed by atoms with Gasteiger partial charge < -0.3 is 10.2 Å². The normalized spacial score (nSPS) is 38.1. The fourth-order valence-electron chi connectivity index (χ4n) is 4.60. The van der Waals surface area contributed by atoms with Crippen molar-refractivity contribution >= 4 is 6.29 Å². The number of carbonyl (C=O) groups is 1. The molecule has 3 nitrogen and oxygen atoms in total. The van der Waals surface area contributed by atoms with E-state index in [0.717, 1.165) is 38.4 Å². The van der Waals surface area contributed by atoms with Crippen molar-refractivity contribution in [2.24, 2.45) is 11.3 Å². The van der Waals surface area contributed by atoms with Crippen LogP contribution in [-0.2, 0) is 4.79 Å². The van der Waals surface area contributed by atoms with Crippen LogP contribution in [0.5, 0.6) is 5.75 Å². The second-order valence-corrected chi connectivity index (χ2v) is 7.15. The quantitative estimate of drug-likeness (QED) is 0.663. The molecule has 2 N–H and O–H groups in total. The number of aliphatic hydroxyl groups is 1. The van der Waals surface area contributed by atoms with Crippen LogP contribution < -0.4 is 0 Å². The zero-order valence-corrected chi connectivity index (χ0v) is 13.0. The van der Waals surface area contributed by atoms with Gasteiger partial charge in [-0.15, -0.1) is 0 Å². The van der Waals surface area contributed by atoms with Gasteiger partial charge in [0.1, 0.15) is 12.0 Å². The van der Waals surface area contributed by atoms with E-state index in [9.17, 15) is 15.0 Å². The van der Waals surface area contributed by atoms with Crippen LogP contribution in [0, 0.1) is 11.3 Å². The van der Waals surface area contributed by atoms with Crippen molar-refractivity contribution in [1.29, 1.82) is 0 Å². The fraction of sp³-hybridized carbons (Fsp3) is 0.526. The molecule has 2 fully saturated rings. The Balaban J connectivity index is 1.82. The van der Waals surface area contributed by atoms with E-state index in [4.69, 9.17) is 0 Å². The third kappa shape index (κ3) is 2.38. The Morgan fingerprint density at radius 1 is 1.18 bits per heavy atom. The molecule has 3 rings (SSSR count). The highest BCUT2D eigenvalue weighted by molar-refractivity contribution is 5.64. The van der Waals surface area contributed by atoms with Crippen LogP contribution in [0.1, 0.15) is 50.5 Å². The van der Waals surface area contributed by atoms with E-state index in [1.54, 1.807) is 18.2 Å². The number of aldehydes is 1. The standard InChI is InChI=1S/C19H24O3/c1-18-10-8-15(14-4-6-17(21)7-5-14)13-19(18,22)11-9-16(18)3-2-12-20/h2-7,12,15-16,21-22H,8-11,13H2,1H3/t15-,16-,18+,19-/m0/s1. The molecule has 0 spiro atoms. The minimum Gasteiger partial charge on any atom is -0.508 e. The van der Waals surface area contributed by atoms with Crippen molar-refractivity contribution in [2.45, 2.75) is 50.5 Å². The lowest BCUT2D eigenvalue weighted by Gasteiger charge is -2.49. The second-order valence-electron chi connectivity index (χ2n) is 7.15. The van der Waals surface area contributed by atoms with Gasteiger partial charge in [-0.3, -0.25) is 4.79 Å². The molecule has 22 heavy (non-hydrogen) atoms. The van der Waals surface area contributed by atoms with Gasteiger partial charge in [-0.2, -0.15) is 0 Å². The zero-order chi connectivity index (χ0) is 15.8. The summed E-state index contributed by atoms with van der Waals surface area (Å²) >= 11 is 0. The van der Waals surface area contributed by atoms with Crippen LogP contribution >= 0.6 is 0 Å². The number of allylic oxidation sites excluding steroid dienone is 2. The van der Waals surface area contributed by atoms with Gasteiger partial charge in [0, 0.05) is 5.41 Å². The minimum atomic E-state index is -0.661. The predicted octanol–water partition coefficient (Wildman–Crippen LogP) is 3.56. The molecule has 2 aliphatic rings. The fourth-order valence-corrected chi connectivity index (χ4v) is 4.60. The molecule has 1 aromatic rings. The van der Waals surface area contributed by atoms with E-state index in [2.05, 4.69) is 6.92 Å². The molecule has 2 aliphatic carbocycles. The monoisotopic (exact) mass is 300 g/mol. The number of aromatic hydroxyl groups is 1. The van der Waals surface area contributed by atoms with Crippen LogP contribution in [0.4, 0.5) is 0 Å². The lowest BCUT2D eigenvalue weighted by Crippen LogP contribution is -2.49. The summed E-state index contributed by atoms with van der Waals surface area (Å²) in [5.41, 5.74) is 0.395. The number of carbonyl (C=O) groups excluding carboxylic acids is 1. The summed E-state index contributed by atoms with van der Waals surface area (Å²) in [6.45, 7) is 2.17. The van der Waals surface area contributed by atoms with Crippen molar-refractivity contribution in [3.63, 3.8) is 0 Å². The van der Waals surface area contributed by atoms with Gasteiger partial charge in [-0.05, 0) is 67.7 Å². The first kappa shape index (κ1) is 15.3. The molecule has 4 atom stereocenters. The SMILES string of the molecule is C[C@]12CC[C@H](c3ccc(O)cc3)C[C@@]1(O)CC[C@@H]2C=CC=O. The molecule has 0 unspecified atom stereocenters. The molecule has 0 aliphatic heterocycles. The van der Waals surface area contributed by atoms with Crippen LogP contribution in [0.2, 0.25) is 0 Å². The van der Waals surface area contributed by atoms with E-state index >= 15 is 0 Å². The largest absolute Gasteiger partial charge is 0.508 e. The lowest BCUT2D eigenvalue weighted by atomic mass is 9.59. The number of hydrogen-bond donors (Lipinski definition) is 2. The summed E-state index contributed by atoms with van der Waals surface area (Å²) in [5.74, 6) is 0.902. The summed E-state index contributed by atoms with van der Waals surface area (Å²) < 4.78 is 0. The molecule has 0 radical (unpaired) electrons. The second kappa shape index (κ2) is 5.54. The van der Waals surface area contributed by atoms with Gasteiger partial charge in [-0.25, -0.2) is 0 Å². The van der Waals surface area contributed by atoms with Gasteiger partial charge >= 0.3 is 0 Å². The zero-order valence-electron chi connectivity index (χ0n) is 13.0. The number of benzene rings is 1. The Bertz CT molecular complexity index is 577. The first-order valence-corrected chi connectivity index (χ1v) is 8.12. The molecular weight excluding hydrogens is 276 g/mol. The summed E-state index contributed by atoms with van der Waals surface area (Å²) in [7, 11) is 0. The molecule has 0 amide bonds. The molecule has 118 valence electrons. The van der Waals surface area contributed by atoms with Crippen LogP contribution in [0.15, 0.2) is 36.4 Å². The van der Waals surface area contributed by atoms with Gasteiger partial charge in [-0.1, -0.05) is 25.1 Å². The van der Waals surface area contributed by atoms with E-state index in [1.165, 1.54) is 5.56 Å². The molecule has 1 aromatic carbocycles. The highest BCUT2D eigenvalue weighted by Gasteiger charge is 2.58. The maximum Gasteiger partial charge on any atom is 0.142 e. The highest BCUT2D eigenvalue weighted by Crippen LogP contribution is 2.60.